The minimum atomic E-state index is -3.44. The molecule has 0 saturated carbocycles. The van der Waals surface area contributed by atoms with Gasteiger partial charge in [-0.25, -0.2) is 8.42 Å². The molecule has 0 spiro atoms. The maximum atomic E-state index is 12.9. The standard InChI is InChI=1S/C17H25N3O3S.ClH/c1-13(21)19-8-5-14-3-4-17(11-15(14)6-9-19)24(22,23)20-10-7-16(12-20)18-2;/h3-4,11,16,18H,5-10,12H2,1-2H3;1H. The highest BCUT2D eigenvalue weighted by Gasteiger charge is 2.32. The van der Waals surface area contributed by atoms with Crippen LogP contribution in [0.15, 0.2) is 23.1 Å². The van der Waals surface area contributed by atoms with Gasteiger partial charge in [0, 0.05) is 39.1 Å². The Bertz CT molecular complexity index is 739. The van der Waals surface area contributed by atoms with Crippen molar-refractivity contribution in [3.63, 3.8) is 0 Å². The molecule has 2 heterocycles. The Kier molecular flexibility index (Phi) is 6.48. The van der Waals surface area contributed by atoms with Gasteiger partial charge in [0.05, 0.1) is 4.90 Å². The molecule has 0 radical (unpaired) electrons. The quantitative estimate of drug-likeness (QED) is 0.841. The third-order valence-electron chi connectivity index (χ3n) is 5.12. The molecule has 1 amide bonds. The van der Waals surface area contributed by atoms with Gasteiger partial charge in [-0.3, -0.25) is 4.79 Å². The molecule has 1 atom stereocenters. The summed E-state index contributed by atoms with van der Waals surface area (Å²) in [6.45, 7) is 4.01. The number of carbonyl (C=O) groups excluding carboxylic acids is 1. The Labute approximate surface area is 156 Å². The van der Waals surface area contributed by atoms with Crippen molar-refractivity contribution >= 4 is 28.3 Å². The second kappa shape index (κ2) is 8.03. The molecular weight excluding hydrogens is 362 g/mol. The highest BCUT2D eigenvalue weighted by Crippen LogP contribution is 2.25. The van der Waals surface area contributed by atoms with Crippen molar-refractivity contribution in [3.8, 4) is 0 Å². The van der Waals surface area contributed by atoms with Crippen LogP contribution in [0.4, 0.5) is 0 Å². The van der Waals surface area contributed by atoms with E-state index < -0.39 is 10.0 Å². The van der Waals surface area contributed by atoms with Crippen LogP contribution < -0.4 is 5.32 Å². The molecule has 1 N–H and O–H groups in total. The second-order valence-corrected chi connectivity index (χ2v) is 8.51. The first kappa shape index (κ1) is 20.2. The lowest BCUT2D eigenvalue weighted by Crippen LogP contribution is -2.33. The lowest BCUT2D eigenvalue weighted by Gasteiger charge is -2.18. The summed E-state index contributed by atoms with van der Waals surface area (Å²) >= 11 is 0. The van der Waals surface area contributed by atoms with Gasteiger partial charge in [0.2, 0.25) is 15.9 Å². The molecule has 1 aromatic carbocycles. The van der Waals surface area contributed by atoms with Gasteiger partial charge in [0.1, 0.15) is 0 Å². The number of benzene rings is 1. The third kappa shape index (κ3) is 4.16. The van der Waals surface area contributed by atoms with Crippen molar-refractivity contribution in [3.05, 3.63) is 29.3 Å². The third-order valence-corrected chi connectivity index (χ3v) is 6.98. The summed E-state index contributed by atoms with van der Waals surface area (Å²) < 4.78 is 27.3. The zero-order chi connectivity index (χ0) is 17.3. The zero-order valence-corrected chi connectivity index (χ0v) is 16.3. The largest absolute Gasteiger partial charge is 0.342 e. The van der Waals surface area contributed by atoms with E-state index in [1.54, 1.807) is 23.4 Å². The molecule has 1 aromatic rings. The van der Waals surface area contributed by atoms with Crippen molar-refractivity contribution < 1.29 is 13.2 Å². The predicted molar refractivity (Wildman–Crippen MR) is 99.6 cm³/mol. The van der Waals surface area contributed by atoms with Crippen LogP contribution in [0.2, 0.25) is 0 Å². The minimum absolute atomic E-state index is 0. The Balaban J connectivity index is 0.00000225. The average Bonchev–Trinajstić information content (AvgIpc) is 2.95. The van der Waals surface area contributed by atoms with Crippen LogP contribution in [-0.2, 0) is 27.7 Å². The molecule has 8 heteroatoms. The number of rotatable bonds is 3. The number of sulfonamides is 1. The van der Waals surface area contributed by atoms with Crippen LogP contribution in [0.3, 0.4) is 0 Å². The Morgan fingerprint density at radius 3 is 2.44 bits per heavy atom. The molecule has 1 saturated heterocycles. The summed E-state index contributed by atoms with van der Waals surface area (Å²) in [7, 11) is -1.58. The number of halogens is 1. The maximum Gasteiger partial charge on any atom is 0.243 e. The molecule has 2 aliphatic heterocycles. The van der Waals surface area contributed by atoms with E-state index in [4.69, 9.17) is 0 Å². The van der Waals surface area contributed by atoms with Crippen LogP contribution in [0.25, 0.3) is 0 Å². The Hall–Kier alpha value is -1.15. The first-order valence-corrected chi connectivity index (χ1v) is 9.90. The van der Waals surface area contributed by atoms with Gasteiger partial charge in [-0.05, 0) is 49.6 Å². The van der Waals surface area contributed by atoms with Gasteiger partial charge in [0.25, 0.3) is 0 Å². The van der Waals surface area contributed by atoms with Crippen molar-refractivity contribution in [2.45, 2.75) is 37.1 Å². The number of nitrogens with one attached hydrogen (secondary N) is 1. The molecule has 3 rings (SSSR count). The van der Waals surface area contributed by atoms with E-state index in [2.05, 4.69) is 5.32 Å². The zero-order valence-electron chi connectivity index (χ0n) is 14.7. The van der Waals surface area contributed by atoms with Gasteiger partial charge in [-0.15, -0.1) is 12.4 Å². The first-order valence-electron chi connectivity index (χ1n) is 8.46. The summed E-state index contributed by atoms with van der Waals surface area (Å²) in [5, 5.41) is 3.15. The van der Waals surface area contributed by atoms with Crippen LogP contribution >= 0.6 is 12.4 Å². The number of fused-ring (bicyclic) bond motifs is 1. The second-order valence-electron chi connectivity index (χ2n) is 6.57. The monoisotopic (exact) mass is 387 g/mol. The van der Waals surface area contributed by atoms with Crippen molar-refractivity contribution in [2.24, 2.45) is 0 Å². The predicted octanol–water partition coefficient (Wildman–Crippen LogP) is 1.04. The van der Waals surface area contributed by atoms with Crippen molar-refractivity contribution in [1.82, 2.24) is 14.5 Å². The van der Waals surface area contributed by atoms with Crippen LogP contribution in [0.5, 0.6) is 0 Å². The van der Waals surface area contributed by atoms with E-state index >= 15 is 0 Å². The van der Waals surface area contributed by atoms with Gasteiger partial charge in [0.15, 0.2) is 0 Å². The normalized spacial score (nSPS) is 21.4. The molecule has 0 bridgehead atoms. The molecule has 1 fully saturated rings. The molecule has 0 aliphatic carbocycles. The van der Waals surface area contributed by atoms with Gasteiger partial charge in [-0.2, -0.15) is 4.31 Å². The number of likely N-dealkylation sites (N-methyl/N-ethyl adjacent to an activating group) is 1. The topological polar surface area (TPSA) is 69.7 Å². The van der Waals surface area contributed by atoms with E-state index in [9.17, 15) is 13.2 Å². The summed E-state index contributed by atoms with van der Waals surface area (Å²) in [4.78, 5) is 13.8. The summed E-state index contributed by atoms with van der Waals surface area (Å²) in [6.07, 6.45) is 2.33. The van der Waals surface area contributed by atoms with E-state index in [0.29, 0.717) is 37.5 Å². The number of carbonyl (C=O) groups is 1. The van der Waals surface area contributed by atoms with Crippen LogP contribution in [-0.4, -0.2) is 62.8 Å². The molecule has 1 unspecified atom stereocenters. The molecular formula is C17H26ClN3O3S. The van der Waals surface area contributed by atoms with E-state index in [0.717, 1.165) is 24.0 Å². The highest BCUT2D eigenvalue weighted by molar-refractivity contribution is 7.89. The number of hydrogen-bond donors (Lipinski definition) is 1. The molecule has 140 valence electrons. The van der Waals surface area contributed by atoms with E-state index in [-0.39, 0.29) is 24.4 Å². The molecule has 0 aromatic heterocycles. The Morgan fingerprint density at radius 1 is 1.16 bits per heavy atom. The average molecular weight is 388 g/mol. The van der Waals surface area contributed by atoms with Crippen molar-refractivity contribution in [1.29, 1.82) is 0 Å². The maximum absolute atomic E-state index is 12.9. The number of amides is 1. The summed E-state index contributed by atoms with van der Waals surface area (Å²) in [5.74, 6) is 0.0748. The van der Waals surface area contributed by atoms with Crippen LogP contribution in [0, 0.1) is 0 Å². The van der Waals surface area contributed by atoms with E-state index in [1.165, 1.54) is 0 Å². The fourth-order valence-electron chi connectivity index (χ4n) is 3.51. The van der Waals surface area contributed by atoms with Gasteiger partial charge in [-0.1, -0.05) is 6.07 Å². The lowest BCUT2D eigenvalue weighted by atomic mass is 10.0. The smallest absolute Gasteiger partial charge is 0.243 e. The molecule has 6 nitrogen and oxygen atoms in total. The first-order chi connectivity index (χ1) is 11.4. The van der Waals surface area contributed by atoms with Gasteiger partial charge < -0.3 is 10.2 Å². The Morgan fingerprint density at radius 2 is 1.84 bits per heavy atom. The highest BCUT2D eigenvalue weighted by atomic mass is 35.5. The van der Waals surface area contributed by atoms with Crippen LogP contribution in [0.1, 0.15) is 24.5 Å². The minimum Gasteiger partial charge on any atom is -0.342 e. The fraction of sp³-hybridized carbons (Fsp3) is 0.588. The SMILES string of the molecule is CNC1CCN(S(=O)(=O)c2ccc3c(c2)CCN(C(C)=O)CC3)C1.Cl. The molecule has 2 aliphatic rings. The molecule has 25 heavy (non-hydrogen) atoms. The summed E-state index contributed by atoms with van der Waals surface area (Å²) in [6, 6.07) is 5.66. The van der Waals surface area contributed by atoms with Crippen molar-refractivity contribution in [2.75, 3.05) is 33.2 Å². The number of hydrogen-bond acceptors (Lipinski definition) is 4. The van der Waals surface area contributed by atoms with Gasteiger partial charge >= 0.3 is 0 Å². The van der Waals surface area contributed by atoms with E-state index in [1.807, 2.05) is 18.0 Å². The summed E-state index contributed by atoms with van der Waals surface area (Å²) in [5.41, 5.74) is 2.19. The fourth-order valence-corrected chi connectivity index (χ4v) is 5.06. The number of nitrogens with zero attached hydrogens (tertiary/aromatic N) is 2. The lowest BCUT2D eigenvalue weighted by molar-refractivity contribution is -0.128.